The Balaban J connectivity index is 2.07. The minimum atomic E-state index is -0.261. The van der Waals surface area contributed by atoms with Gasteiger partial charge in [0, 0.05) is 12.4 Å². The number of nitrogens with one attached hydrogen (secondary N) is 1. The Hall–Kier alpha value is -1.56. The van der Waals surface area contributed by atoms with Crippen LogP contribution in [0.15, 0.2) is 69.8 Å². The average Bonchev–Trinajstić information content (AvgIpc) is 2.95. The number of allylic oxidation sites excluding steroid dienone is 1. The van der Waals surface area contributed by atoms with Gasteiger partial charge in [-0.2, -0.15) is 0 Å². The molecule has 0 radical (unpaired) electrons. The fourth-order valence-corrected chi connectivity index (χ4v) is 3.29. The third-order valence-corrected chi connectivity index (χ3v) is 4.19. The van der Waals surface area contributed by atoms with Gasteiger partial charge in [0.1, 0.15) is 21.3 Å². The van der Waals surface area contributed by atoms with E-state index in [2.05, 4.69) is 42.0 Å². The number of rotatable bonds is 3. The highest BCUT2D eigenvalue weighted by Gasteiger charge is 2.21. The first-order valence-corrected chi connectivity index (χ1v) is 7.75. The second-order valence-corrected chi connectivity index (χ2v) is 5.53. The molecule has 2 aromatic rings. The van der Waals surface area contributed by atoms with Crippen molar-refractivity contribution in [2.75, 3.05) is 0 Å². The zero-order valence-electron chi connectivity index (χ0n) is 9.62. The summed E-state index contributed by atoms with van der Waals surface area (Å²) in [5.41, 5.74) is 3.37. The Kier molecular flexibility index (Phi) is 3.45. The predicted molar refractivity (Wildman–Crippen MR) is 80.2 cm³/mol. The van der Waals surface area contributed by atoms with Gasteiger partial charge in [-0.25, -0.2) is 3.15 Å². The quantitative estimate of drug-likeness (QED) is 0.677. The molecule has 0 spiro atoms. The van der Waals surface area contributed by atoms with Crippen LogP contribution in [0.1, 0.15) is 17.2 Å². The van der Waals surface area contributed by atoms with Crippen molar-refractivity contribution in [2.24, 2.45) is 3.15 Å². The SMILES string of the molecule is C1=C(C(c2ccccc2)c2ccccn2)N=IN1. The maximum atomic E-state index is 4.61. The van der Waals surface area contributed by atoms with E-state index < -0.39 is 0 Å². The first-order valence-electron chi connectivity index (χ1n) is 5.71. The summed E-state index contributed by atoms with van der Waals surface area (Å²) in [4.78, 5) is 4.48. The van der Waals surface area contributed by atoms with Gasteiger partial charge in [-0.3, -0.25) is 4.98 Å². The zero-order valence-corrected chi connectivity index (χ0v) is 11.8. The lowest BCUT2D eigenvalue weighted by atomic mass is 9.92. The number of pyridine rings is 1. The largest absolute Gasteiger partial charge is 0.324 e. The van der Waals surface area contributed by atoms with Gasteiger partial charge in [-0.05, 0) is 17.7 Å². The van der Waals surface area contributed by atoms with E-state index in [4.69, 9.17) is 0 Å². The van der Waals surface area contributed by atoms with Crippen molar-refractivity contribution in [3.63, 3.8) is 0 Å². The lowest BCUT2D eigenvalue weighted by Crippen LogP contribution is -2.05. The minimum Gasteiger partial charge on any atom is -0.324 e. The lowest BCUT2D eigenvalue weighted by Gasteiger charge is -2.15. The molecule has 1 aromatic heterocycles. The fourth-order valence-electron chi connectivity index (χ4n) is 2.00. The van der Waals surface area contributed by atoms with Crippen LogP contribution in [-0.2, 0) is 0 Å². The maximum absolute atomic E-state index is 4.61. The molecule has 18 heavy (non-hydrogen) atoms. The molecule has 3 rings (SSSR count). The van der Waals surface area contributed by atoms with Gasteiger partial charge < -0.3 is 3.53 Å². The van der Waals surface area contributed by atoms with Gasteiger partial charge in [0.15, 0.2) is 0 Å². The highest BCUT2D eigenvalue weighted by Crippen LogP contribution is 2.34. The Bertz CT molecular complexity index is 539. The van der Waals surface area contributed by atoms with Crippen molar-refractivity contribution in [1.82, 2.24) is 8.51 Å². The van der Waals surface area contributed by atoms with E-state index in [0.717, 1.165) is 11.4 Å². The van der Waals surface area contributed by atoms with Crippen LogP contribution in [0, 0.1) is 0 Å². The van der Waals surface area contributed by atoms with Crippen molar-refractivity contribution in [3.05, 3.63) is 77.9 Å². The number of aromatic nitrogens is 1. The van der Waals surface area contributed by atoms with Gasteiger partial charge in [-0.15, -0.1) is 0 Å². The molecule has 3 nitrogen and oxygen atoms in total. The predicted octanol–water partition coefficient (Wildman–Crippen LogP) is 3.73. The smallest absolute Gasteiger partial charge is 0.117 e. The van der Waals surface area contributed by atoms with Crippen LogP contribution in [0.4, 0.5) is 0 Å². The Labute approximate surface area is 116 Å². The lowest BCUT2D eigenvalue weighted by molar-refractivity contribution is 0.885. The monoisotopic (exact) mass is 349 g/mol. The molecule has 1 atom stereocenters. The van der Waals surface area contributed by atoms with Crippen molar-refractivity contribution in [3.8, 4) is 0 Å². The van der Waals surface area contributed by atoms with E-state index in [1.807, 2.05) is 30.6 Å². The number of halogens is 1. The molecule has 0 amide bonds. The fraction of sp³-hybridized carbons (Fsp3) is 0.0714. The van der Waals surface area contributed by atoms with E-state index in [-0.39, 0.29) is 27.2 Å². The van der Waals surface area contributed by atoms with E-state index >= 15 is 0 Å². The number of hydrogen-bond donors (Lipinski definition) is 1. The summed E-state index contributed by atoms with van der Waals surface area (Å²) in [6.07, 6.45) is 3.86. The first-order chi connectivity index (χ1) is 8.95. The van der Waals surface area contributed by atoms with Crippen LogP contribution in [0.2, 0.25) is 0 Å². The summed E-state index contributed by atoms with van der Waals surface area (Å²) < 4.78 is 7.85. The third kappa shape index (κ3) is 2.33. The summed E-state index contributed by atoms with van der Waals surface area (Å²) in [5.74, 6) is 0.141. The van der Waals surface area contributed by atoms with Gasteiger partial charge in [-0.1, -0.05) is 36.4 Å². The third-order valence-electron chi connectivity index (χ3n) is 2.80. The molecule has 1 aromatic carbocycles. The molecule has 1 aliphatic heterocycles. The molecule has 0 aliphatic carbocycles. The van der Waals surface area contributed by atoms with Gasteiger partial charge in [0.25, 0.3) is 0 Å². The number of hydrogen-bond acceptors (Lipinski definition) is 3. The number of benzene rings is 1. The summed E-state index contributed by atoms with van der Waals surface area (Å²) in [6, 6.07) is 16.4. The molecule has 4 heteroatoms. The second-order valence-electron chi connectivity index (χ2n) is 3.95. The van der Waals surface area contributed by atoms with Crippen LogP contribution in [0.3, 0.4) is 0 Å². The van der Waals surface area contributed by atoms with E-state index in [1.165, 1.54) is 5.56 Å². The van der Waals surface area contributed by atoms with Crippen molar-refractivity contribution < 1.29 is 0 Å². The summed E-state index contributed by atoms with van der Waals surface area (Å²) in [6.45, 7) is 0. The first kappa shape index (κ1) is 11.5. The van der Waals surface area contributed by atoms with Crippen molar-refractivity contribution in [2.45, 2.75) is 5.92 Å². The van der Waals surface area contributed by atoms with Crippen LogP contribution in [0.25, 0.3) is 0 Å². The van der Waals surface area contributed by atoms with E-state index in [9.17, 15) is 0 Å². The second kappa shape index (κ2) is 5.39. The average molecular weight is 349 g/mol. The molecule has 1 aliphatic rings. The van der Waals surface area contributed by atoms with E-state index in [0.29, 0.717) is 0 Å². The van der Waals surface area contributed by atoms with E-state index in [1.54, 1.807) is 0 Å². The molecule has 2 heterocycles. The van der Waals surface area contributed by atoms with Crippen molar-refractivity contribution in [1.29, 1.82) is 0 Å². The van der Waals surface area contributed by atoms with Crippen LogP contribution >= 0.6 is 21.3 Å². The standard InChI is InChI=1S/C14H12IN3/c1-2-6-11(7-3-1)14(13-10-17-15-18-13)12-8-4-5-9-16-12/h1-10,14H,(H,17,18). The van der Waals surface area contributed by atoms with Gasteiger partial charge in [0.2, 0.25) is 0 Å². The van der Waals surface area contributed by atoms with Crippen molar-refractivity contribution >= 4 is 21.3 Å². The Morgan fingerprint density at radius 2 is 1.83 bits per heavy atom. The molecule has 0 fully saturated rings. The number of nitrogens with zero attached hydrogens (tertiary/aromatic N) is 2. The Morgan fingerprint density at radius 3 is 2.50 bits per heavy atom. The maximum Gasteiger partial charge on any atom is 0.117 e. The molecule has 1 unspecified atom stereocenters. The van der Waals surface area contributed by atoms with Gasteiger partial charge >= 0.3 is 0 Å². The highest BCUT2D eigenvalue weighted by molar-refractivity contribution is 14.1. The summed E-state index contributed by atoms with van der Waals surface area (Å²) in [7, 11) is 0. The topological polar surface area (TPSA) is 37.3 Å². The van der Waals surface area contributed by atoms with Crippen LogP contribution in [-0.4, -0.2) is 4.98 Å². The van der Waals surface area contributed by atoms with Crippen LogP contribution < -0.4 is 3.53 Å². The molecule has 0 bridgehead atoms. The Morgan fingerprint density at radius 1 is 1.00 bits per heavy atom. The highest BCUT2D eigenvalue weighted by atomic mass is 127. The molecular weight excluding hydrogens is 337 g/mol. The molecule has 0 saturated carbocycles. The minimum absolute atomic E-state index is 0.141. The molecule has 0 saturated heterocycles. The molecular formula is C14H12IN3. The summed E-state index contributed by atoms with van der Waals surface area (Å²) in [5, 5.41) is 0. The summed E-state index contributed by atoms with van der Waals surface area (Å²) >= 11 is -0.261. The van der Waals surface area contributed by atoms with Crippen LogP contribution in [0.5, 0.6) is 0 Å². The normalized spacial score (nSPS) is 15.4. The molecule has 90 valence electrons. The molecule has 1 N–H and O–H groups in total. The van der Waals surface area contributed by atoms with Gasteiger partial charge in [0.05, 0.1) is 17.3 Å². The zero-order chi connectivity index (χ0) is 12.2.